The lowest BCUT2D eigenvalue weighted by molar-refractivity contribution is -0.912. The molecule has 0 aromatic carbocycles. The first-order valence-electron chi connectivity index (χ1n) is 38.7. The Kier molecular flexibility index (Phi) is 67.5. The summed E-state index contributed by atoms with van der Waals surface area (Å²) in [5, 5.41) is 0. The van der Waals surface area contributed by atoms with E-state index in [1.54, 1.807) is 0 Å². The highest BCUT2D eigenvalue weighted by Gasteiger charge is 2.27. The van der Waals surface area contributed by atoms with Gasteiger partial charge in [0.2, 0.25) is 0 Å². The monoisotopic (exact) mass is 1180 g/mol. The van der Waals surface area contributed by atoms with Crippen LogP contribution in [-0.2, 0) is 18.9 Å². The van der Waals surface area contributed by atoms with Gasteiger partial charge in [-0.3, -0.25) is 0 Å². The van der Waals surface area contributed by atoms with E-state index in [2.05, 4.69) is 55.9 Å². The van der Waals surface area contributed by atoms with Gasteiger partial charge < -0.3 is 27.9 Å². The lowest BCUT2D eigenvalue weighted by atomic mass is 10.0. The summed E-state index contributed by atoms with van der Waals surface area (Å²) in [5.74, 6) is 0. The van der Waals surface area contributed by atoms with Gasteiger partial charge >= 0.3 is 0 Å². The van der Waals surface area contributed by atoms with Gasteiger partial charge in [0.05, 0.1) is 54.5 Å². The zero-order valence-corrected chi connectivity index (χ0v) is 59.1. The molecular formula is C77H160N2O4+2. The van der Waals surface area contributed by atoms with Gasteiger partial charge in [-0.05, 0) is 25.7 Å². The number of unbranched alkanes of at least 4 members (excludes halogenated alkanes) is 52. The van der Waals surface area contributed by atoms with Crippen LogP contribution in [0.2, 0.25) is 0 Å². The average Bonchev–Trinajstić information content (AvgIpc) is 3.55. The molecule has 83 heavy (non-hydrogen) atoms. The maximum Gasteiger partial charge on any atom is 0.130 e. The molecule has 0 rings (SSSR count). The Balaban J connectivity index is 5.03. The van der Waals surface area contributed by atoms with Crippen LogP contribution in [0.5, 0.6) is 0 Å². The van der Waals surface area contributed by atoms with Gasteiger partial charge in [-0.25, -0.2) is 0 Å². The molecule has 0 saturated carbocycles. The van der Waals surface area contributed by atoms with Crippen molar-refractivity contribution in [2.24, 2.45) is 0 Å². The molecule has 0 fully saturated rings. The minimum absolute atomic E-state index is 0.158. The normalized spacial score (nSPS) is 13.0. The Hall–Kier alpha value is -0.240. The largest absolute Gasteiger partial charge is 0.379 e. The van der Waals surface area contributed by atoms with E-state index >= 15 is 0 Å². The molecule has 0 radical (unpaired) electrons. The summed E-state index contributed by atoms with van der Waals surface area (Å²) < 4.78 is 28.3. The highest BCUT2D eigenvalue weighted by atomic mass is 16.5. The van der Waals surface area contributed by atoms with E-state index in [9.17, 15) is 0 Å². The van der Waals surface area contributed by atoms with E-state index in [1.165, 1.54) is 366 Å². The molecular weight excluding hydrogens is 1020 g/mol. The van der Waals surface area contributed by atoms with Gasteiger partial charge in [0.25, 0.3) is 0 Å². The van der Waals surface area contributed by atoms with Crippen molar-refractivity contribution in [2.45, 2.75) is 406 Å². The van der Waals surface area contributed by atoms with E-state index in [0.717, 1.165) is 74.8 Å². The van der Waals surface area contributed by atoms with Crippen molar-refractivity contribution in [3.63, 3.8) is 0 Å². The lowest BCUT2D eigenvalue weighted by Gasteiger charge is -2.36. The van der Waals surface area contributed by atoms with E-state index in [4.69, 9.17) is 18.9 Å². The fourth-order valence-corrected chi connectivity index (χ4v) is 12.8. The number of hydrogen-bond donors (Lipinski definition) is 0. The van der Waals surface area contributed by atoms with Crippen LogP contribution in [0.15, 0.2) is 0 Å². The fourth-order valence-electron chi connectivity index (χ4n) is 12.8. The maximum atomic E-state index is 6.75. The van der Waals surface area contributed by atoms with Gasteiger partial charge in [0.15, 0.2) is 0 Å². The Labute approximate surface area is 525 Å². The van der Waals surface area contributed by atoms with Gasteiger partial charge in [-0.2, -0.15) is 0 Å². The second-order valence-corrected chi connectivity index (χ2v) is 28.6. The predicted molar refractivity (Wildman–Crippen MR) is 371 cm³/mol. The minimum atomic E-state index is 0.158. The standard InChI is InChI=1S/C77H160N2O4/c1-9-13-17-21-25-29-33-37-41-45-49-53-57-61-68-80-74-76(82-70-63-59-55-51-47-43-39-35-31-27-23-19-15-11-3)72-78(5,6)66-65-67-79(7,8)73-77(83-71-64-60-56-52-48-44-40-36-32-28-24-20-16-12-4)75-81-69-62-58-54-50-46-42-38-34-30-26-22-18-14-10-2/h76-77H,9-75H2,1-8H3/q+2. The SMILES string of the molecule is CCCCCCCCCCCCCCCCOCC(C[N+](C)(C)CCC[N+](C)(C)CC(COCCCCCCCCCCCCCCCC)OCCCCCCCCCCCCCCCC)OCCCCCCCCCCCCCCCC. The second kappa shape index (κ2) is 67.7. The van der Waals surface area contributed by atoms with Crippen molar-refractivity contribution in [2.75, 3.05) is 94.0 Å². The van der Waals surface area contributed by atoms with E-state index in [0.29, 0.717) is 0 Å². The molecule has 0 aromatic heterocycles. The summed E-state index contributed by atoms with van der Waals surface area (Å²) in [6.45, 7) is 18.6. The van der Waals surface area contributed by atoms with Crippen molar-refractivity contribution in [3.05, 3.63) is 0 Å². The molecule has 6 heteroatoms. The summed E-state index contributed by atoms with van der Waals surface area (Å²) in [6, 6.07) is 0. The van der Waals surface area contributed by atoms with E-state index in [-0.39, 0.29) is 12.2 Å². The quantitative estimate of drug-likeness (QED) is 0.0449. The van der Waals surface area contributed by atoms with Crippen molar-refractivity contribution in [3.8, 4) is 0 Å². The highest BCUT2D eigenvalue weighted by Crippen LogP contribution is 2.19. The molecule has 0 N–H and O–H groups in total. The molecule has 0 saturated heterocycles. The molecule has 0 aromatic rings. The highest BCUT2D eigenvalue weighted by molar-refractivity contribution is 4.62. The zero-order valence-electron chi connectivity index (χ0n) is 59.1. The zero-order chi connectivity index (χ0) is 60.4. The molecule has 0 aliphatic heterocycles. The first kappa shape index (κ1) is 82.8. The van der Waals surface area contributed by atoms with Crippen LogP contribution in [0.3, 0.4) is 0 Å². The third-order valence-electron chi connectivity index (χ3n) is 18.5. The maximum absolute atomic E-state index is 6.75. The predicted octanol–water partition coefficient (Wildman–Crippen LogP) is 24.3. The van der Waals surface area contributed by atoms with Gasteiger partial charge in [-0.1, -0.05) is 362 Å². The van der Waals surface area contributed by atoms with Crippen LogP contribution < -0.4 is 0 Å². The third kappa shape index (κ3) is 67.5. The molecule has 0 aliphatic rings. The average molecular weight is 1180 g/mol. The number of ether oxygens (including phenoxy) is 4. The summed E-state index contributed by atoms with van der Waals surface area (Å²) in [6.07, 6.45) is 79.5. The van der Waals surface area contributed by atoms with Crippen LogP contribution >= 0.6 is 0 Å². The van der Waals surface area contributed by atoms with Crippen LogP contribution in [0.1, 0.15) is 394 Å². The van der Waals surface area contributed by atoms with Crippen molar-refractivity contribution < 1.29 is 27.9 Å². The summed E-state index contributed by atoms with van der Waals surface area (Å²) >= 11 is 0. The van der Waals surface area contributed by atoms with E-state index < -0.39 is 0 Å². The van der Waals surface area contributed by atoms with Gasteiger partial charge in [0.1, 0.15) is 25.3 Å². The third-order valence-corrected chi connectivity index (χ3v) is 18.5. The molecule has 0 bridgehead atoms. The Morgan fingerprint density at radius 1 is 0.205 bits per heavy atom. The van der Waals surface area contributed by atoms with Crippen LogP contribution in [0.4, 0.5) is 0 Å². The van der Waals surface area contributed by atoms with Crippen molar-refractivity contribution in [1.82, 2.24) is 0 Å². The first-order chi connectivity index (χ1) is 40.7. The number of nitrogens with zero attached hydrogens (tertiary/aromatic N) is 2. The van der Waals surface area contributed by atoms with E-state index in [1.807, 2.05) is 0 Å². The number of quaternary nitrogens is 2. The Bertz CT molecular complexity index is 1090. The lowest BCUT2D eigenvalue weighted by Crippen LogP contribution is -2.51. The second-order valence-electron chi connectivity index (χ2n) is 28.6. The topological polar surface area (TPSA) is 36.9 Å². The molecule has 0 spiro atoms. The van der Waals surface area contributed by atoms with Crippen LogP contribution in [0.25, 0.3) is 0 Å². The van der Waals surface area contributed by atoms with Crippen LogP contribution in [0, 0.1) is 0 Å². The number of likely N-dealkylation sites (N-methyl/N-ethyl adjacent to an activating group) is 2. The summed E-state index contributed by atoms with van der Waals surface area (Å²) in [5.41, 5.74) is 0. The Morgan fingerprint density at radius 2 is 0.373 bits per heavy atom. The molecule has 0 heterocycles. The summed E-state index contributed by atoms with van der Waals surface area (Å²) in [7, 11) is 9.74. The molecule has 0 aliphatic carbocycles. The van der Waals surface area contributed by atoms with Crippen molar-refractivity contribution >= 4 is 0 Å². The molecule has 2 atom stereocenters. The smallest absolute Gasteiger partial charge is 0.130 e. The number of rotatable bonds is 74. The molecule has 2 unspecified atom stereocenters. The minimum Gasteiger partial charge on any atom is -0.379 e. The first-order valence-corrected chi connectivity index (χ1v) is 38.7. The fraction of sp³-hybridized carbons (Fsp3) is 1.00. The molecule has 0 amide bonds. The van der Waals surface area contributed by atoms with Crippen molar-refractivity contribution in [1.29, 1.82) is 0 Å². The molecule has 6 nitrogen and oxygen atoms in total. The van der Waals surface area contributed by atoms with Gasteiger partial charge in [0, 0.05) is 32.8 Å². The number of hydrogen-bond acceptors (Lipinski definition) is 4. The molecule has 500 valence electrons. The van der Waals surface area contributed by atoms with Gasteiger partial charge in [-0.15, -0.1) is 0 Å². The Morgan fingerprint density at radius 3 is 0.566 bits per heavy atom. The van der Waals surface area contributed by atoms with Crippen LogP contribution in [-0.4, -0.2) is 115 Å². The summed E-state index contributed by atoms with van der Waals surface area (Å²) in [4.78, 5) is 0.